The third-order valence-electron chi connectivity index (χ3n) is 2.98. The molecule has 1 saturated heterocycles. The first-order valence-corrected chi connectivity index (χ1v) is 5.94. The van der Waals surface area contributed by atoms with E-state index in [2.05, 4.69) is 5.32 Å². The summed E-state index contributed by atoms with van der Waals surface area (Å²) in [5, 5.41) is 2.63. The van der Waals surface area contributed by atoms with Gasteiger partial charge < -0.3 is 19.5 Å². The van der Waals surface area contributed by atoms with Gasteiger partial charge in [0.05, 0.1) is 6.54 Å². The van der Waals surface area contributed by atoms with Gasteiger partial charge in [-0.1, -0.05) is 6.07 Å². The van der Waals surface area contributed by atoms with Gasteiger partial charge in [0.2, 0.25) is 0 Å². The number of ether oxygens (including phenoxy) is 3. The lowest BCUT2D eigenvalue weighted by Crippen LogP contribution is -2.38. The fourth-order valence-electron chi connectivity index (χ4n) is 2.08. The van der Waals surface area contributed by atoms with Crippen LogP contribution in [-0.2, 0) is 4.74 Å². The van der Waals surface area contributed by atoms with Crippen LogP contribution in [-0.4, -0.2) is 24.8 Å². The van der Waals surface area contributed by atoms with Crippen molar-refractivity contribution in [3.8, 4) is 11.5 Å². The van der Waals surface area contributed by atoms with E-state index in [0.29, 0.717) is 18.9 Å². The van der Waals surface area contributed by atoms with E-state index in [0.717, 1.165) is 11.3 Å². The molecule has 0 bridgehead atoms. The number of benzene rings is 1. The van der Waals surface area contributed by atoms with E-state index < -0.39 is 0 Å². The summed E-state index contributed by atoms with van der Waals surface area (Å²) in [7, 11) is 0. The number of carbonyl (C=O) groups is 1. The maximum atomic E-state index is 11.0. The zero-order valence-corrected chi connectivity index (χ0v) is 10.4. The zero-order chi connectivity index (χ0) is 12.8. The van der Waals surface area contributed by atoms with Crippen LogP contribution in [0.25, 0.3) is 0 Å². The molecule has 18 heavy (non-hydrogen) atoms. The molecular formula is C13H15NO4. The second-order valence-corrected chi connectivity index (χ2v) is 5.13. The van der Waals surface area contributed by atoms with Gasteiger partial charge in [-0.25, -0.2) is 4.79 Å². The first-order valence-electron chi connectivity index (χ1n) is 5.94. The van der Waals surface area contributed by atoms with Crippen molar-refractivity contribution in [3.05, 3.63) is 23.8 Å². The van der Waals surface area contributed by atoms with Gasteiger partial charge in [0.1, 0.15) is 18.3 Å². The molecule has 1 aromatic carbocycles. The molecule has 0 spiro atoms. The van der Waals surface area contributed by atoms with Crippen LogP contribution in [0.1, 0.15) is 25.5 Å². The van der Waals surface area contributed by atoms with Crippen LogP contribution in [0.15, 0.2) is 18.2 Å². The molecule has 0 aliphatic carbocycles. The van der Waals surface area contributed by atoms with Gasteiger partial charge in [0.25, 0.3) is 0 Å². The lowest BCUT2D eigenvalue weighted by Gasteiger charge is -2.32. The summed E-state index contributed by atoms with van der Waals surface area (Å²) < 4.78 is 16.6. The Morgan fingerprint density at radius 3 is 2.89 bits per heavy atom. The van der Waals surface area contributed by atoms with Gasteiger partial charge in [0, 0.05) is 0 Å². The van der Waals surface area contributed by atoms with Crippen molar-refractivity contribution in [1.82, 2.24) is 5.32 Å². The summed E-state index contributed by atoms with van der Waals surface area (Å²) in [5.41, 5.74) is 0.603. The fourth-order valence-corrected chi connectivity index (χ4v) is 2.08. The average molecular weight is 249 g/mol. The third kappa shape index (κ3) is 1.96. The summed E-state index contributed by atoms with van der Waals surface area (Å²) >= 11 is 0. The number of cyclic esters (lactones) is 1. The quantitative estimate of drug-likeness (QED) is 0.827. The second-order valence-electron chi connectivity index (χ2n) is 5.13. The Hall–Kier alpha value is -1.91. The summed E-state index contributed by atoms with van der Waals surface area (Å²) in [6.45, 7) is 4.95. The van der Waals surface area contributed by atoms with E-state index in [-0.39, 0.29) is 17.8 Å². The molecule has 3 rings (SSSR count). The van der Waals surface area contributed by atoms with E-state index in [4.69, 9.17) is 14.2 Å². The predicted octanol–water partition coefficient (Wildman–Crippen LogP) is 2.02. The van der Waals surface area contributed by atoms with Crippen molar-refractivity contribution in [2.75, 3.05) is 13.2 Å². The second kappa shape index (κ2) is 3.80. The Morgan fingerprint density at radius 1 is 1.33 bits per heavy atom. The van der Waals surface area contributed by atoms with Crippen molar-refractivity contribution in [1.29, 1.82) is 0 Å². The molecule has 5 nitrogen and oxygen atoms in total. The highest BCUT2D eigenvalue weighted by atomic mass is 16.6. The lowest BCUT2D eigenvalue weighted by atomic mass is 10.1. The van der Waals surface area contributed by atoms with Crippen LogP contribution in [0.5, 0.6) is 11.5 Å². The molecule has 1 aromatic rings. The number of alkyl carbamates (subject to hydrolysis) is 1. The SMILES string of the molecule is CC1(C)COc2cc([C@@H]3CNC(=O)O3)ccc2O1. The monoisotopic (exact) mass is 249 g/mol. The largest absolute Gasteiger partial charge is 0.486 e. The Balaban J connectivity index is 1.86. The molecule has 0 saturated carbocycles. The molecule has 2 heterocycles. The first kappa shape index (κ1) is 11.2. The summed E-state index contributed by atoms with van der Waals surface area (Å²) in [6, 6.07) is 5.63. The summed E-state index contributed by atoms with van der Waals surface area (Å²) in [6.07, 6.45) is -0.627. The van der Waals surface area contributed by atoms with Crippen molar-refractivity contribution < 1.29 is 19.0 Å². The normalized spacial score (nSPS) is 24.3. The van der Waals surface area contributed by atoms with Crippen molar-refractivity contribution in [2.45, 2.75) is 25.6 Å². The van der Waals surface area contributed by atoms with E-state index >= 15 is 0 Å². The molecule has 96 valence electrons. The number of rotatable bonds is 1. The van der Waals surface area contributed by atoms with Crippen LogP contribution in [0.3, 0.4) is 0 Å². The van der Waals surface area contributed by atoms with Crippen LogP contribution >= 0.6 is 0 Å². The Labute approximate surface area is 105 Å². The maximum absolute atomic E-state index is 11.0. The number of fused-ring (bicyclic) bond motifs is 1. The molecule has 2 aliphatic heterocycles. The predicted molar refractivity (Wildman–Crippen MR) is 63.9 cm³/mol. The van der Waals surface area contributed by atoms with E-state index in [1.807, 2.05) is 32.0 Å². The average Bonchev–Trinajstić information content (AvgIpc) is 2.74. The molecular weight excluding hydrogens is 234 g/mol. The van der Waals surface area contributed by atoms with E-state index in [1.165, 1.54) is 0 Å². The van der Waals surface area contributed by atoms with Gasteiger partial charge in [-0.05, 0) is 31.5 Å². The summed E-state index contributed by atoms with van der Waals surface area (Å²) in [4.78, 5) is 11.0. The molecule has 1 amide bonds. The van der Waals surface area contributed by atoms with Gasteiger partial charge in [-0.3, -0.25) is 0 Å². The number of hydrogen-bond acceptors (Lipinski definition) is 4. The maximum Gasteiger partial charge on any atom is 0.407 e. The van der Waals surface area contributed by atoms with E-state index in [1.54, 1.807) is 0 Å². The fraction of sp³-hybridized carbons (Fsp3) is 0.462. The number of amides is 1. The van der Waals surface area contributed by atoms with E-state index in [9.17, 15) is 4.79 Å². The van der Waals surface area contributed by atoms with Crippen molar-refractivity contribution in [3.63, 3.8) is 0 Å². The highest BCUT2D eigenvalue weighted by Gasteiger charge is 2.30. The molecule has 5 heteroatoms. The van der Waals surface area contributed by atoms with Gasteiger partial charge in [-0.15, -0.1) is 0 Å². The first-order chi connectivity index (χ1) is 8.53. The van der Waals surface area contributed by atoms with Gasteiger partial charge >= 0.3 is 6.09 Å². The molecule has 0 radical (unpaired) electrons. The van der Waals surface area contributed by atoms with Crippen LogP contribution in [0, 0.1) is 0 Å². The minimum absolute atomic E-state index is 0.249. The topological polar surface area (TPSA) is 56.8 Å². The molecule has 2 aliphatic rings. The van der Waals surface area contributed by atoms with Crippen molar-refractivity contribution in [2.24, 2.45) is 0 Å². The molecule has 0 aromatic heterocycles. The molecule has 0 unspecified atom stereocenters. The van der Waals surface area contributed by atoms with Crippen LogP contribution in [0.4, 0.5) is 4.79 Å². The molecule has 1 N–H and O–H groups in total. The number of hydrogen-bond donors (Lipinski definition) is 1. The van der Waals surface area contributed by atoms with Crippen LogP contribution < -0.4 is 14.8 Å². The van der Waals surface area contributed by atoms with Crippen molar-refractivity contribution >= 4 is 6.09 Å². The lowest BCUT2D eigenvalue weighted by molar-refractivity contribution is 0.0210. The smallest absolute Gasteiger partial charge is 0.407 e. The minimum Gasteiger partial charge on any atom is -0.486 e. The standard InChI is InChI=1S/C13H15NO4/c1-13(2)7-16-10-5-8(3-4-9(10)18-13)11-6-14-12(15)17-11/h3-5,11H,6-7H2,1-2H3,(H,14,15)/t11-/m0/s1. The Bertz CT molecular complexity index is 498. The molecule has 1 atom stereocenters. The Morgan fingerprint density at radius 2 is 2.17 bits per heavy atom. The summed E-state index contributed by atoms with van der Waals surface area (Å²) in [5.74, 6) is 1.43. The van der Waals surface area contributed by atoms with Gasteiger partial charge in [-0.2, -0.15) is 0 Å². The molecule has 1 fully saturated rings. The van der Waals surface area contributed by atoms with Gasteiger partial charge in [0.15, 0.2) is 11.5 Å². The highest BCUT2D eigenvalue weighted by molar-refractivity contribution is 5.69. The third-order valence-corrected chi connectivity index (χ3v) is 2.98. The number of nitrogens with one attached hydrogen (secondary N) is 1. The zero-order valence-electron chi connectivity index (χ0n) is 10.4. The minimum atomic E-state index is -0.379. The highest BCUT2D eigenvalue weighted by Crippen LogP contribution is 2.37. The Kier molecular flexibility index (Phi) is 2.36. The number of carbonyl (C=O) groups excluding carboxylic acids is 1. The van der Waals surface area contributed by atoms with Crippen LogP contribution in [0.2, 0.25) is 0 Å².